The molecule has 1 aliphatic rings. The van der Waals surface area contributed by atoms with Gasteiger partial charge in [0.2, 0.25) is 10.0 Å². The van der Waals surface area contributed by atoms with Crippen LogP contribution >= 0.6 is 34.8 Å². The van der Waals surface area contributed by atoms with Gasteiger partial charge in [0.05, 0.1) is 26.9 Å². The highest BCUT2D eigenvalue weighted by molar-refractivity contribution is 7.89. The summed E-state index contributed by atoms with van der Waals surface area (Å²) in [6, 6.07) is 7.48. The van der Waals surface area contributed by atoms with E-state index in [1.807, 2.05) is 6.07 Å². The van der Waals surface area contributed by atoms with Crippen molar-refractivity contribution in [1.29, 1.82) is 0 Å². The van der Waals surface area contributed by atoms with E-state index in [1.165, 1.54) is 0 Å². The molecule has 0 spiro atoms. The summed E-state index contributed by atoms with van der Waals surface area (Å²) in [6.45, 7) is 1.38. The number of amides is 1. The first-order chi connectivity index (χ1) is 14.0. The Bertz CT molecular complexity index is 1070. The third-order valence-electron chi connectivity index (χ3n) is 4.55. The summed E-state index contributed by atoms with van der Waals surface area (Å²) in [5, 5.41) is 0.987. The van der Waals surface area contributed by atoms with Crippen molar-refractivity contribution in [3.8, 4) is 5.75 Å². The van der Waals surface area contributed by atoms with E-state index in [0.717, 1.165) is 24.1 Å². The number of hydrogen-bond acceptors (Lipinski definition) is 5. The smallest absolute Gasteiger partial charge is 0.267 e. The Morgan fingerprint density at radius 2 is 1.77 bits per heavy atom. The van der Waals surface area contributed by atoms with Crippen LogP contribution < -0.4 is 14.4 Å². The van der Waals surface area contributed by atoms with Crippen LogP contribution in [0.3, 0.4) is 0 Å². The minimum Gasteiger partial charge on any atom is -0.489 e. The molecule has 30 heavy (non-hydrogen) atoms. The number of hydrogen-bond donors (Lipinski definition) is 1. The van der Waals surface area contributed by atoms with Crippen molar-refractivity contribution in [2.24, 2.45) is 0 Å². The van der Waals surface area contributed by atoms with Crippen LogP contribution in [-0.4, -0.2) is 39.8 Å². The van der Waals surface area contributed by atoms with E-state index in [0.29, 0.717) is 36.0 Å². The largest absolute Gasteiger partial charge is 0.489 e. The lowest BCUT2D eigenvalue weighted by Gasteiger charge is -2.34. The third kappa shape index (κ3) is 5.69. The lowest BCUT2D eigenvalue weighted by atomic mass is 10.1. The molecular formula is C19H18Cl3FN2O4S. The van der Waals surface area contributed by atoms with Crippen LogP contribution in [0.25, 0.3) is 0 Å². The van der Waals surface area contributed by atoms with Gasteiger partial charge in [-0.2, -0.15) is 0 Å². The first kappa shape index (κ1) is 22.9. The fourth-order valence-electron chi connectivity index (χ4n) is 3.11. The second-order valence-corrected chi connectivity index (χ2v) is 9.84. The number of anilines is 1. The Morgan fingerprint density at radius 1 is 1.10 bits per heavy atom. The highest BCUT2D eigenvalue weighted by Gasteiger charge is 2.24. The van der Waals surface area contributed by atoms with Gasteiger partial charge >= 0.3 is 0 Å². The van der Waals surface area contributed by atoms with E-state index in [1.54, 1.807) is 16.9 Å². The molecule has 0 atom stereocenters. The summed E-state index contributed by atoms with van der Waals surface area (Å²) < 4.78 is 44.2. The summed E-state index contributed by atoms with van der Waals surface area (Å²) in [5.41, 5.74) is 0.473. The molecule has 11 heteroatoms. The molecule has 0 aromatic heterocycles. The second kappa shape index (κ2) is 9.18. The van der Waals surface area contributed by atoms with Gasteiger partial charge in [0.25, 0.3) is 5.91 Å². The molecule has 2 aromatic carbocycles. The van der Waals surface area contributed by atoms with Gasteiger partial charge in [0.1, 0.15) is 17.7 Å². The van der Waals surface area contributed by atoms with Crippen molar-refractivity contribution >= 4 is 56.4 Å². The highest BCUT2D eigenvalue weighted by atomic mass is 35.5. The van der Waals surface area contributed by atoms with Gasteiger partial charge in [-0.1, -0.05) is 34.8 Å². The maximum atomic E-state index is 14.3. The molecule has 0 unspecified atom stereocenters. The van der Waals surface area contributed by atoms with E-state index >= 15 is 0 Å². The molecule has 1 amide bonds. The number of halogens is 4. The molecule has 3 rings (SSSR count). The van der Waals surface area contributed by atoms with Crippen molar-refractivity contribution < 1.29 is 22.3 Å². The summed E-state index contributed by atoms with van der Waals surface area (Å²) in [7, 11) is -3.83. The summed E-state index contributed by atoms with van der Waals surface area (Å²) in [6.07, 6.45) is 1.92. The van der Waals surface area contributed by atoms with Gasteiger partial charge in [-0.15, -0.1) is 0 Å². The number of nitrogens with one attached hydrogen (secondary N) is 1. The molecule has 0 radical (unpaired) electrons. The van der Waals surface area contributed by atoms with Crippen LogP contribution in [0.5, 0.6) is 5.75 Å². The fourth-order valence-corrected chi connectivity index (χ4v) is 4.06. The van der Waals surface area contributed by atoms with E-state index < -0.39 is 27.3 Å². The summed E-state index contributed by atoms with van der Waals surface area (Å²) >= 11 is 18.2. The molecule has 0 aliphatic carbocycles. The van der Waals surface area contributed by atoms with E-state index in [4.69, 9.17) is 39.5 Å². The van der Waals surface area contributed by atoms with Crippen molar-refractivity contribution in [2.75, 3.05) is 24.2 Å². The predicted molar refractivity (Wildman–Crippen MR) is 116 cm³/mol. The molecule has 1 heterocycles. The van der Waals surface area contributed by atoms with E-state index in [-0.39, 0.29) is 16.9 Å². The molecule has 2 aromatic rings. The number of carbonyl (C=O) groups excluding carboxylic acids is 1. The van der Waals surface area contributed by atoms with Gasteiger partial charge in [-0.3, -0.25) is 4.79 Å². The zero-order valence-corrected chi connectivity index (χ0v) is 18.9. The van der Waals surface area contributed by atoms with Crippen molar-refractivity contribution in [3.05, 3.63) is 56.8 Å². The van der Waals surface area contributed by atoms with Crippen LogP contribution in [-0.2, 0) is 10.0 Å². The predicted octanol–water partition coefficient (Wildman–Crippen LogP) is 4.52. The number of carbonyl (C=O) groups is 1. The van der Waals surface area contributed by atoms with Gasteiger partial charge in [-0.25, -0.2) is 17.5 Å². The van der Waals surface area contributed by atoms with E-state index in [2.05, 4.69) is 4.90 Å². The summed E-state index contributed by atoms with van der Waals surface area (Å²) in [5.74, 6) is -1.93. The molecule has 162 valence electrons. The molecule has 1 N–H and O–H groups in total. The average molecular weight is 496 g/mol. The molecule has 1 aliphatic heterocycles. The van der Waals surface area contributed by atoms with Crippen molar-refractivity contribution in [2.45, 2.75) is 18.9 Å². The van der Waals surface area contributed by atoms with Crippen LogP contribution in [0.1, 0.15) is 23.2 Å². The Hall–Kier alpha value is -1.74. The standard InChI is InChI=1S/C19H18Cl3FN2O4S/c1-30(27,28)24-19(26)13-9-16(22)18(10-17(13)23)29-12-4-6-25(7-5-12)11-2-3-14(20)15(21)8-11/h2-3,8-10,12H,4-7H2,1H3,(H,24,26). The molecule has 1 fully saturated rings. The lowest BCUT2D eigenvalue weighted by Crippen LogP contribution is -2.38. The molecule has 6 nitrogen and oxygen atoms in total. The maximum Gasteiger partial charge on any atom is 0.267 e. The molecule has 0 bridgehead atoms. The zero-order valence-electron chi connectivity index (χ0n) is 15.8. The topological polar surface area (TPSA) is 75.7 Å². The first-order valence-electron chi connectivity index (χ1n) is 8.91. The minimum atomic E-state index is -3.83. The van der Waals surface area contributed by atoms with Crippen LogP contribution in [0.4, 0.5) is 10.1 Å². The number of nitrogens with zero attached hydrogens (tertiary/aromatic N) is 1. The maximum absolute atomic E-state index is 14.3. The number of ether oxygens (including phenoxy) is 1. The normalized spacial score (nSPS) is 15.2. The monoisotopic (exact) mass is 494 g/mol. The third-order valence-corrected chi connectivity index (χ3v) is 6.14. The number of benzene rings is 2. The van der Waals surface area contributed by atoms with Crippen LogP contribution in [0, 0.1) is 5.82 Å². The molecular weight excluding hydrogens is 478 g/mol. The quantitative estimate of drug-likeness (QED) is 0.660. The first-order valence-corrected chi connectivity index (χ1v) is 11.9. The van der Waals surface area contributed by atoms with Gasteiger partial charge in [-0.05, 0) is 24.3 Å². The highest BCUT2D eigenvalue weighted by Crippen LogP contribution is 2.32. The fraction of sp³-hybridized carbons (Fsp3) is 0.316. The Labute approximate surface area is 188 Å². The Kier molecular flexibility index (Phi) is 7.02. The molecule has 1 saturated heterocycles. The number of piperidine rings is 1. The average Bonchev–Trinajstić information content (AvgIpc) is 2.66. The Morgan fingerprint density at radius 3 is 2.37 bits per heavy atom. The SMILES string of the molecule is CS(=O)(=O)NC(=O)c1cc(Cl)c(OC2CCN(c3ccc(Cl)c(Cl)c3)CC2)cc1F. The van der Waals surface area contributed by atoms with E-state index in [9.17, 15) is 17.6 Å². The van der Waals surface area contributed by atoms with Crippen molar-refractivity contribution in [1.82, 2.24) is 4.72 Å². The summed E-state index contributed by atoms with van der Waals surface area (Å²) in [4.78, 5) is 14.0. The van der Waals surface area contributed by atoms with Gasteiger partial charge in [0, 0.05) is 37.7 Å². The minimum absolute atomic E-state index is 0.0157. The Balaban J connectivity index is 1.65. The number of sulfonamides is 1. The van der Waals surface area contributed by atoms with Gasteiger partial charge in [0.15, 0.2) is 0 Å². The van der Waals surface area contributed by atoms with Crippen molar-refractivity contribution in [3.63, 3.8) is 0 Å². The molecule has 0 saturated carbocycles. The van der Waals surface area contributed by atoms with Crippen LogP contribution in [0.2, 0.25) is 15.1 Å². The van der Waals surface area contributed by atoms with Crippen LogP contribution in [0.15, 0.2) is 30.3 Å². The second-order valence-electron chi connectivity index (χ2n) is 6.87. The zero-order chi connectivity index (χ0) is 22.1. The number of rotatable bonds is 5. The lowest BCUT2D eigenvalue weighted by molar-refractivity contribution is 0.0977. The van der Waals surface area contributed by atoms with Gasteiger partial charge < -0.3 is 9.64 Å².